The van der Waals surface area contributed by atoms with Crippen LogP contribution in [-0.4, -0.2) is 36.5 Å². The highest BCUT2D eigenvalue weighted by Gasteiger charge is 2.18. The molecule has 0 unspecified atom stereocenters. The lowest BCUT2D eigenvalue weighted by Gasteiger charge is -2.03. The van der Waals surface area contributed by atoms with E-state index in [0.29, 0.717) is 18.8 Å². The number of ether oxygens (including phenoxy) is 1. The molecule has 0 aliphatic rings. The van der Waals surface area contributed by atoms with Crippen molar-refractivity contribution >= 4 is 15.7 Å². The van der Waals surface area contributed by atoms with Crippen LogP contribution in [0.4, 0.5) is 5.69 Å². The van der Waals surface area contributed by atoms with Gasteiger partial charge in [-0.3, -0.25) is 9.40 Å². The van der Waals surface area contributed by atoms with Crippen LogP contribution in [0, 0.1) is 0 Å². The molecule has 0 radical (unpaired) electrons. The Labute approximate surface area is 123 Å². The molecule has 0 aromatic carbocycles. The largest absolute Gasteiger partial charge is 0.383 e. The third-order valence-corrected chi connectivity index (χ3v) is 4.36. The third-order valence-electron chi connectivity index (χ3n) is 3.01. The van der Waals surface area contributed by atoms with Crippen LogP contribution in [0.5, 0.6) is 0 Å². The monoisotopic (exact) mass is 313 g/mol. The number of rotatable bonds is 7. The van der Waals surface area contributed by atoms with Gasteiger partial charge in [0, 0.05) is 38.8 Å². The van der Waals surface area contributed by atoms with Crippen molar-refractivity contribution < 1.29 is 13.2 Å². The van der Waals surface area contributed by atoms with Crippen molar-refractivity contribution in [2.24, 2.45) is 12.8 Å². The zero-order chi connectivity index (χ0) is 15.5. The number of hydrogen-bond donors (Lipinski definition) is 2. The standard InChI is InChI=1S/C12H19N5O3S/c1-16-9-12(5-11(16)6-13)21(18,19)15-10-7-14-17(8-10)3-4-20-2/h5,7-9,15H,3-4,6,13H2,1-2H3. The minimum atomic E-state index is -3.64. The van der Waals surface area contributed by atoms with E-state index in [1.807, 2.05) is 0 Å². The summed E-state index contributed by atoms with van der Waals surface area (Å²) in [7, 11) is -0.294. The highest BCUT2D eigenvalue weighted by Crippen LogP contribution is 2.17. The van der Waals surface area contributed by atoms with Gasteiger partial charge in [0.15, 0.2) is 0 Å². The van der Waals surface area contributed by atoms with E-state index in [-0.39, 0.29) is 11.4 Å². The average Bonchev–Trinajstić information content (AvgIpc) is 3.02. The molecule has 0 bridgehead atoms. The van der Waals surface area contributed by atoms with Crippen LogP contribution in [0.2, 0.25) is 0 Å². The Morgan fingerprint density at radius 2 is 2.19 bits per heavy atom. The molecule has 0 saturated carbocycles. The summed E-state index contributed by atoms with van der Waals surface area (Å²) in [4.78, 5) is 0.176. The normalized spacial score (nSPS) is 11.8. The zero-order valence-electron chi connectivity index (χ0n) is 12.0. The number of nitrogens with one attached hydrogen (secondary N) is 1. The molecule has 2 rings (SSSR count). The maximum absolute atomic E-state index is 12.3. The molecule has 0 saturated heterocycles. The van der Waals surface area contributed by atoms with Crippen molar-refractivity contribution in [3.63, 3.8) is 0 Å². The van der Waals surface area contributed by atoms with Crippen LogP contribution in [0.25, 0.3) is 0 Å². The van der Waals surface area contributed by atoms with Crippen LogP contribution in [0.1, 0.15) is 5.69 Å². The average molecular weight is 313 g/mol. The van der Waals surface area contributed by atoms with E-state index in [1.54, 1.807) is 35.7 Å². The van der Waals surface area contributed by atoms with Gasteiger partial charge in [0.05, 0.1) is 25.0 Å². The first-order valence-electron chi connectivity index (χ1n) is 6.36. The Hall–Kier alpha value is -1.84. The van der Waals surface area contributed by atoms with E-state index < -0.39 is 10.0 Å². The number of nitrogens with two attached hydrogens (primary N) is 1. The molecule has 0 aliphatic carbocycles. The predicted molar refractivity (Wildman–Crippen MR) is 78.2 cm³/mol. The molecule has 2 heterocycles. The molecule has 0 spiro atoms. The van der Waals surface area contributed by atoms with Gasteiger partial charge in [-0.2, -0.15) is 5.10 Å². The second kappa shape index (κ2) is 6.29. The number of aromatic nitrogens is 3. The number of sulfonamides is 1. The first-order chi connectivity index (χ1) is 9.96. The number of aryl methyl sites for hydroxylation is 1. The first kappa shape index (κ1) is 15.5. The van der Waals surface area contributed by atoms with Crippen LogP contribution in [-0.2, 0) is 34.9 Å². The lowest BCUT2D eigenvalue weighted by Crippen LogP contribution is -2.12. The molecule has 116 valence electrons. The maximum atomic E-state index is 12.3. The van der Waals surface area contributed by atoms with Gasteiger partial charge in [0.2, 0.25) is 0 Å². The lowest BCUT2D eigenvalue weighted by atomic mass is 10.4. The van der Waals surface area contributed by atoms with Crippen molar-refractivity contribution in [3.8, 4) is 0 Å². The highest BCUT2D eigenvalue weighted by molar-refractivity contribution is 7.92. The van der Waals surface area contributed by atoms with Crippen LogP contribution in [0.15, 0.2) is 29.6 Å². The molecule has 2 aromatic rings. The Bertz CT molecular complexity index is 704. The molecular weight excluding hydrogens is 294 g/mol. The predicted octanol–water partition coefficient (Wildman–Crippen LogP) is 0.128. The molecule has 2 aromatic heterocycles. The van der Waals surface area contributed by atoms with Gasteiger partial charge < -0.3 is 15.0 Å². The van der Waals surface area contributed by atoms with Gasteiger partial charge in [-0.15, -0.1) is 0 Å². The molecule has 8 nitrogen and oxygen atoms in total. The molecule has 0 fully saturated rings. The van der Waals surface area contributed by atoms with Crippen molar-refractivity contribution in [1.29, 1.82) is 0 Å². The zero-order valence-corrected chi connectivity index (χ0v) is 12.8. The van der Waals surface area contributed by atoms with Crippen molar-refractivity contribution in [2.45, 2.75) is 18.0 Å². The highest BCUT2D eigenvalue weighted by atomic mass is 32.2. The van der Waals surface area contributed by atoms with Crippen molar-refractivity contribution in [2.75, 3.05) is 18.4 Å². The fraction of sp³-hybridized carbons (Fsp3) is 0.417. The van der Waals surface area contributed by atoms with E-state index in [1.165, 1.54) is 12.4 Å². The number of anilines is 1. The Morgan fingerprint density at radius 1 is 1.43 bits per heavy atom. The number of nitrogens with zero attached hydrogens (tertiary/aromatic N) is 3. The van der Waals surface area contributed by atoms with Crippen LogP contribution >= 0.6 is 0 Å². The van der Waals surface area contributed by atoms with Crippen LogP contribution in [0.3, 0.4) is 0 Å². The van der Waals surface area contributed by atoms with Gasteiger partial charge in [-0.25, -0.2) is 8.42 Å². The van der Waals surface area contributed by atoms with E-state index in [2.05, 4.69) is 9.82 Å². The topological polar surface area (TPSA) is 104 Å². The number of hydrogen-bond acceptors (Lipinski definition) is 5. The molecule has 3 N–H and O–H groups in total. The fourth-order valence-electron chi connectivity index (χ4n) is 1.86. The van der Waals surface area contributed by atoms with Gasteiger partial charge in [0.1, 0.15) is 4.90 Å². The van der Waals surface area contributed by atoms with E-state index in [9.17, 15) is 8.42 Å². The third kappa shape index (κ3) is 3.63. The molecule has 9 heteroatoms. The summed E-state index contributed by atoms with van der Waals surface area (Å²) in [6.07, 6.45) is 4.60. The maximum Gasteiger partial charge on any atom is 0.263 e. The van der Waals surface area contributed by atoms with Crippen LogP contribution < -0.4 is 10.5 Å². The summed E-state index contributed by atoms with van der Waals surface area (Å²) in [5.74, 6) is 0. The second-order valence-electron chi connectivity index (χ2n) is 4.57. The Morgan fingerprint density at radius 3 is 2.81 bits per heavy atom. The smallest absolute Gasteiger partial charge is 0.263 e. The Kier molecular flexibility index (Phi) is 4.66. The van der Waals surface area contributed by atoms with E-state index >= 15 is 0 Å². The molecule has 21 heavy (non-hydrogen) atoms. The van der Waals surface area contributed by atoms with Crippen molar-refractivity contribution in [3.05, 3.63) is 30.4 Å². The van der Waals surface area contributed by atoms with Gasteiger partial charge >= 0.3 is 0 Å². The molecule has 0 atom stereocenters. The van der Waals surface area contributed by atoms with Gasteiger partial charge in [-0.05, 0) is 6.07 Å². The summed E-state index contributed by atoms with van der Waals surface area (Å²) < 4.78 is 35.3. The lowest BCUT2D eigenvalue weighted by molar-refractivity contribution is 0.183. The molecular formula is C12H19N5O3S. The molecule has 0 amide bonds. The first-order valence-corrected chi connectivity index (χ1v) is 7.84. The van der Waals surface area contributed by atoms with Gasteiger partial charge in [0.25, 0.3) is 10.0 Å². The fourth-order valence-corrected chi connectivity index (χ4v) is 2.99. The SMILES string of the molecule is COCCn1cc(NS(=O)(=O)c2cc(CN)n(C)c2)cn1. The Balaban J connectivity index is 2.14. The second-order valence-corrected chi connectivity index (χ2v) is 6.25. The summed E-state index contributed by atoms with van der Waals surface area (Å²) in [6, 6.07) is 1.55. The minimum Gasteiger partial charge on any atom is -0.383 e. The van der Waals surface area contributed by atoms with Gasteiger partial charge in [-0.1, -0.05) is 0 Å². The molecule has 0 aliphatic heterocycles. The summed E-state index contributed by atoms with van der Waals surface area (Å²) in [6.45, 7) is 1.34. The minimum absolute atomic E-state index is 0.176. The quantitative estimate of drug-likeness (QED) is 0.756. The summed E-state index contributed by atoms with van der Waals surface area (Å²) in [5, 5.41) is 4.05. The van der Waals surface area contributed by atoms with E-state index in [0.717, 1.165) is 5.69 Å². The van der Waals surface area contributed by atoms with E-state index in [4.69, 9.17) is 10.5 Å². The summed E-state index contributed by atoms with van der Waals surface area (Å²) in [5.41, 5.74) is 6.70. The number of methoxy groups -OCH3 is 1. The van der Waals surface area contributed by atoms with Crippen molar-refractivity contribution in [1.82, 2.24) is 14.3 Å². The summed E-state index contributed by atoms with van der Waals surface area (Å²) >= 11 is 0.